The predicted octanol–water partition coefficient (Wildman–Crippen LogP) is 5.79. The lowest BCUT2D eigenvalue weighted by Gasteiger charge is -2.38. The summed E-state index contributed by atoms with van der Waals surface area (Å²) in [6.07, 6.45) is 10.3. The van der Waals surface area contributed by atoms with Gasteiger partial charge in [-0.1, -0.05) is 24.4 Å². The highest BCUT2D eigenvalue weighted by molar-refractivity contribution is 7.89. The molecule has 2 aromatic heterocycles. The molecule has 11 heteroatoms. The van der Waals surface area contributed by atoms with Crippen LogP contribution in [0.25, 0.3) is 12.2 Å². The van der Waals surface area contributed by atoms with Gasteiger partial charge in [-0.3, -0.25) is 4.79 Å². The summed E-state index contributed by atoms with van der Waals surface area (Å²) in [6.45, 7) is 2.30. The molecule has 0 unspecified atom stereocenters. The van der Waals surface area contributed by atoms with E-state index in [1.54, 1.807) is 6.26 Å². The Hall–Kier alpha value is -3.31. The molecule has 1 aliphatic carbocycles. The standard InChI is InChI=1S/C29H33F2N3O5S/c1-20-28(27(39-32-20)12-10-21-9-11-23(30)18-26(21)31)40(36,37)33-15-13-22(14-16-33)29(35)34(19-25-8-5-17-38-25)24-6-3-2-4-7-24/h5,8-12,17-18,22,24H,2-4,6-7,13-16,19H2,1H3. The minimum absolute atomic E-state index is 0.0404. The summed E-state index contributed by atoms with van der Waals surface area (Å²) in [5.74, 6) is -1.03. The number of carbonyl (C=O) groups is 1. The van der Waals surface area contributed by atoms with Crippen molar-refractivity contribution in [2.45, 2.75) is 69.4 Å². The van der Waals surface area contributed by atoms with Gasteiger partial charge in [0.1, 0.15) is 23.1 Å². The maximum atomic E-state index is 14.1. The van der Waals surface area contributed by atoms with E-state index >= 15 is 0 Å². The van der Waals surface area contributed by atoms with Crippen LogP contribution in [-0.2, 0) is 21.4 Å². The molecule has 1 aromatic carbocycles. The molecule has 3 heterocycles. The number of halogens is 2. The number of aryl methyl sites for hydroxylation is 1. The van der Waals surface area contributed by atoms with E-state index in [9.17, 15) is 22.0 Å². The van der Waals surface area contributed by atoms with Crippen LogP contribution in [0.1, 0.15) is 67.7 Å². The molecule has 2 fully saturated rings. The second-order valence-corrected chi connectivity index (χ2v) is 12.4. The van der Waals surface area contributed by atoms with Gasteiger partial charge in [0.2, 0.25) is 15.9 Å². The highest BCUT2D eigenvalue weighted by Crippen LogP contribution is 2.32. The maximum Gasteiger partial charge on any atom is 0.248 e. The van der Waals surface area contributed by atoms with Gasteiger partial charge in [0.05, 0.1) is 12.8 Å². The van der Waals surface area contributed by atoms with Crippen LogP contribution in [-0.4, -0.2) is 47.8 Å². The highest BCUT2D eigenvalue weighted by atomic mass is 32.2. The number of amides is 1. The van der Waals surface area contributed by atoms with Crippen molar-refractivity contribution in [3.63, 3.8) is 0 Å². The zero-order valence-corrected chi connectivity index (χ0v) is 23.2. The second-order valence-electron chi connectivity index (χ2n) is 10.5. The maximum absolute atomic E-state index is 14.1. The van der Waals surface area contributed by atoms with Gasteiger partial charge < -0.3 is 13.8 Å². The van der Waals surface area contributed by atoms with Gasteiger partial charge in [0.15, 0.2) is 10.7 Å². The van der Waals surface area contributed by atoms with Gasteiger partial charge in [-0.2, -0.15) is 4.31 Å². The largest absolute Gasteiger partial charge is 0.467 e. The Bertz CT molecular complexity index is 1450. The molecule has 1 saturated carbocycles. The molecule has 214 valence electrons. The summed E-state index contributed by atoms with van der Waals surface area (Å²) >= 11 is 0. The van der Waals surface area contributed by atoms with E-state index in [4.69, 9.17) is 8.94 Å². The molecule has 0 atom stereocenters. The number of carbonyl (C=O) groups excluding carboxylic acids is 1. The van der Waals surface area contributed by atoms with Crippen molar-refractivity contribution < 1.29 is 30.9 Å². The van der Waals surface area contributed by atoms with Crippen LogP contribution in [0.5, 0.6) is 0 Å². The first kappa shape index (κ1) is 28.2. The molecule has 1 amide bonds. The number of hydrogen-bond donors (Lipinski definition) is 0. The minimum Gasteiger partial charge on any atom is -0.467 e. The van der Waals surface area contributed by atoms with Crippen molar-refractivity contribution in [3.8, 4) is 0 Å². The van der Waals surface area contributed by atoms with E-state index in [0.29, 0.717) is 19.4 Å². The van der Waals surface area contributed by atoms with Crippen LogP contribution in [0.15, 0.2) is 50.4 Å². The van der Waals surface area contributed by atoms with Gasteiger partial charge in [0, 0.05) is 36.7 Å². The summed E-state index contributed by atoms with van der Waals surface area (Å²) in [4.78, 5) is 15.6. The molecule has 1 saturated heterocycles. The zero-order valence-electron chi connectivity index (χ0n) is 22.4. The SMILES string of the molecule is Cc1noc(C=Cc2ccc(F)cc2F)c1S(=O)(=O)N1CCC(C(=O)N(Cc2ccco2)C2CCCCC2)CC1. The minimum atomic E-state index is -4.00. The van der Waals surface area contributed by atoms with Crippen LogP contribution in [0, 0.1) is 24.5 Å². The van der Waals surface area contributed by atoms with Crippen molar-refractivity contribution in [1.29, 1.82) is 0 Å². The van der Waals surface area contributed by atoms with Crippen LogP contribution >= 0.6 is 0 Å². The third-order valence-electron chi connectivity index (χ3n) is 7.82. The normalized spacial score (nSPS) is 18.0. The Morgan fingerprint density at radius 3 is 2.52 bits per heavy atom. The molecule has 0 radical (unpaired) electrons. The highest BCUT2D eigenvalue weighted by Gasteiger charge is 2.38. The number of hydrogen-bond acceptors (Lipinski definition) is 6. The topological polar surface area (TPSA) is 96.9 Å². The number of piperidine rings is 1. The quantitative estimate of drug-likeness (QED) is 0.339. The first-order valence-corrected chi connectivity index (χ1v) is 15.1. The molecular weight excluding hydrogens is 540 g/mol. The summed E-state index contributed by atoms with van der Waals surface area (Å²) in [7, 11) is -4.00. The smallest absolute Gasteiger partial charge is 0.248 e. The fourth-order valence-corrected chi connectivity index (χ4v) is 7.38. The molecule has 8 nitrogen and oxygen atoms in total. The van der Waals surface area contributed by atoms with Crippen molar-refractivity contribution in [1.82, 2.24) is 14.4 Å². The lowest BCUT2D eigenvalue weighted by atomic mass is 9.91. The Kier molecular flexibility index (Phi) is 8.51. The number of aromatic nitrogens is 1. The van der Waals surface area contributed by atoms with Crippen LogP contribution in [0.2, 0.25) is 0 Å². The fourth-order valence-electron chi connectivity index (χ4n) is 5.66. The number of sulfonamides is 1. The van der Waals surface area contributed by atoms with Gasteiger partial charge >= 0.3 is 0 Å². The van der Waals surface area contributed by atoms with E-state index < -0.39 is 21.7 Å². The fraction of sp³-hybridized carbons (Fsp3) is 0.448. The van der Waals surface area contributed by atoms with Crippen molar-refractivity contribution >= 4 is 28.1 Å². The van der Waals surface area contributed by atoms with E-state index in [1.165, 1.54) is 35.9 Å². The number of nitrogens with zero attached hydrogens (tertiary/aromatic N) is 3. The van der Waals surface area contributed by atoms with E-state index in [1.807, 2.05) is 17.0 Å². The molecular formula is C29H33F2N3O5S. The van der Waals surface area contributed by atoms with Gasteiger partial charge in [-0.05, 0) is 69.0 Å². The zero-order chi connectivity index (χ0) is 28.3. The summed E-state index contributed by atoms with van der Waals surface area (Å²) in [5, 5.41) is 3.82. The van der Waals surface area contributed by atoms with Gasteiger partial charge in [-0.25, -0.2) is 17.2 Å². The predicted molar refractivity (Wildman–Crippen MR) is 144 cm³/mol. The number of furan rings is 1. The molecule has 3 aromatic rings. The Morgan fingerprint density at radius 2 is 1.85 bits per heavy atom. The molecule has 0 spiro atoms. The van der Waals surface area contributed by atoms with Crippen molar-refractivity contribution in [2.75, 3.05) is 13.1 Å². The molecule has 5 rings (SSSR count). The van der Waals surface area contributed by atoms with E-state index in [2.05, 4.69) is 5.16 Å². The number of rotatable bonds is 8. The molecule has 2 aliphatic rings. The summed E-state index contributed by atoms with van der Waals surface area (Å²) < 4.78 is 66.7. The monoisotopic (exact) mass is 573 g/mol. The Labute approximate surface area is 232 Å². The molecule has 0 N–H and O–H groups in total. The van der Waals surface area contributed by atoms with Crippen molar-refractivity contribution in [3.05, 3.63) is 71.0 Å². The van der Waals surface area contributed by atoms with Crippen LogP contribution in [0.4, 0.5) is 8.78 Å². The molecule has 1 aliphatic heterocycles. The lowest BCUT2D eigenvalue weighted by Crippen LogP contribution is -2.47. The average molecular weight is 574 g/mol. The third-order valence-corrected chi connectivity index (χ3v) is 9.87. The molecule has 40 heavy (non-hydrogen) atoms. The first-order chi connectivity index (χ1) is 19.2. The lowest BCUT2D eigenvalue weighted by molar-refractivity contribution is -0.141. The second kappa shape index (κ2) is 12.1. The van der Waals surface area contributed by atoms with Crippen LogP contribution < -0.4 is 0 Å². The average Bonchev–Trinajstić information content (AvgIpc) is 3.61. The molecule has 0 bridgehead atoms. The summed E-state index contributed by atoms with van der Waals surface area (Å²) in [6, 6.07) is 6.96. The van der Waals surface area contributed by atoms with Gasteiger partial charge in [0.25, 0.3) is 0 Å². The van der Waals surface area contributed by atoms with Crippen molar-refractivity contribution in [2.24, 2.45) is 5.92 Å². The number of benzene rings is 1. The third kappa shape index (κ3) is 6.05. The van der Waals surface area contributed by atoms with Gasteiger partial charge in [-0.15, -0.1) is 0 Å². The van der Waals surface area contributed by atoms with Crippen LogP contribution in [0.3, 0.4) is 0 Å². The Morgan fingerprint density at radius 1 is 1.10 bits per heavy atom. The summed E-state index contributed by atoms with van der Waals surface area (Å²) in [5.41, 5.74) is 0.259. The Balaban J connectivity index is 1.29. The van der Waals surface area contributed by atoms with E-state index in [-0.39, 0.29) is 52.9 Å². The first-order valence-electron chi connectivity index (χ1n) is 13.7. The van der Waals surface area contributed by atoms with E-state index in [0.717, 1.165) is 43.6 Å².